The van der Waals surface area contributed by atoms with Crippen molar-refractivity contribution in [3.05, 3.63) is 52.2 Å². The Morgan fingerprint density at radius 1 is 1.19 bits per heavy atom. The number of benzene rings is 1. The number of carbonyl (C=O) groups is 1. The van der Waals surface area contributed by atoms with E-state index in [0.29, 0.717) is 11.5 Å². The van der Waals surface area contributed by atoms with Crippen molar-refractivity contribution >= 4 is 23.3 Å². The maximum Gasteiger partial charge on any atom is 0.246 e. The van der Waals surface area contributed by atoms with E-state index >= 15 is 0 Å². The van der Waals surface area contributed by atoms with Crippen LogP contribution in [0.4, 0.5) is 0 Å². The number of methoxy groups -OCH3 is 2. The Morgan fingerprint density at radius 3 is 2.46 bits per heavy atom. The third kappa shape index (κ3) is 4.86. The second-order valence-electron chi connectivity index (χ2n) is 6.36. The Labute approximate surface area is 158 Å². The molecular formula is C20H25N2O3S+. The van der Waals surface area contributed by atoms with Crippen LogP contribution in [-0.2, 0) is 11.3 Å². The molecule has 1 aliphatic heterocycles. The van der Waals surface area contributed by atoms with Crippen LogP contribution in [0.1, 0.15) is 11.1 Å². The fourth-order valence-corrected chi connectivity index (χ4v) is 3.77. The van der Waals surface area contributed by atoms with Gasteiger partial charge in [-0.05, 0) is 40.6 Å². The van der Waals surface area contributed by atoms with E-state index < -0.39 is 0 Å². The predicted octanol–water partition coefficient (Wildman–Crippen LogP) is 1.71. The summed E-state index contributed by atoms with van der Waals surface area (Å²) < 4.78 is 10.5. The lowest BCUT2D eigenvalue weighted by Crippen LogP contribution is -3.13. The molecule has 2 heterocycles. The first-order valence-electron chi connectivity index (χ1n) is 8.72. The van der Waals surface area contributed by atoms with Crippen LogP contribution in [0.25, 0.3) is 6.08 Å². The highest BCUT2D eigenvalue weighted by molar-refractivity contribution is 7.07. The second-order valence-corrected chi connectivity index (χ2v) is 7.14. The normalized spacial score (nSPS) is 15.4. The fraction of sp³-hybridized carbons (Fsp3) is 0.350. The van der Waals surface area contributed by atoms with E-state index in [9.17, 15) is 4.79 Å². The number of amides is 1. The molecule has 1 fully saturated rings. The number of hydrogen-bond acceptors (Lipinski definition) is 4. The van der Waals surface area contributed by atoms with Gasteiger partial charge in [-0.3, -0.25) is 4.79 Å². The van der Waals surface area contributed by atoms with Crippen molar-refractivity contribution in [2.45, 2.75) is 6.54 Å². The number of thiophene rings is 1. The van der Waals surface area contributed by atoms with Crippen molar-refractivity contribution in [3.8, 4) is 11.5 Å². The standard InChI is InChI=1S/C20H24N2O3S/c1-24-18-11-16(12-19(13-18)25-2)3-4-20(23)22-8-6-21(7-9-22)14-17-5-10-26-15-17/h3-5,10-13,15H,6-9,14H2,1-2H3/p+1/b4-3+. The van der Waals surface area contributed by atoms with Crippen molar-refractivity contribution in [3.63, 3.8) is 0 Å². The molecule has 1 aromatic heterocycles. The largest absolute Gasteiger partial charge is 0.497 e. The number of quaternary nitrogens is 1. The molecule has 0 unspecified atom stereocenters. The molecule has 0 atom stereocenters. The summed E-state index contributed by atoms with van der Waals surface area (Å²) in [5.41, 5.74) is 2.27. The molecule has 0 radical (unpaired) electrons. The molecule has 2 aromatic rings. The number of ether oxygens (including phenoxy) is 2. The van der Waals surface area contributed by atoms with Crippen LogP contribution in [0.3, 0.4) is 0 Å². The van der Waals surface area contributed by atoms with Gasteiger partial charge in [0.15, 0.2) is 0 Å². The van der Waals surface area contributed by atoms with E-state index in [-0.39, 0.29) is 5.91 Å². The van der Waals surface area contributed by atoms with Crippen LogP contribution in [-0.4, -0.2) is 51.2 Å². The van der Waals surface area contributed by atoms with Gasteiger partial charge < -0.3 is 19.3 Å². The Balaban J connectivity index is 1.54. The number of piperazine rings is 1. The number of rotatable bonds is 6. The minimum Gasteiger partial charge on any atom is -0.497 e. The van der Waals surface area contributed by atoms with Gasteiger partial charge in [-0.25, -0.2) is 0 Å². The molecule has 0 bridgehead atoms. The summed E-state index contributed by atoms with van der Waals surface area (Å²) >= 11 is 1.74. The molecule has 6 heteroatoms. The van der Waals surface area contributed by atoms with Crippen molar-refractivity contribution in [1.29, 1.82) is 0 Å². The summed E-state index contributed by atoms with van der Waals surface area (Å²) in [7, 11) is 3.23. The Morgan fingerprint density at radius 2 is 1.88 bits per heavy atom. The van der Waals surface area contributed by atoms with Crippen molar-refractivity contribution < 1.29 is 19.2 Å². The smallest absolute Gasteiger partial charge is 0.246 e. The molecule has 0 saturated carbocycles. The van der Waals surface area contributed by atoms with Gasteiger partial charge in [0.2, 0.25) is 5.91 Å². The maximum absolute atomic E-state index is 12.5. The van der Waals surface area contributed by atoms with Gasteiger partial charge in [0.1, 0.15) is 18.0 Å². The predicted molar refractivity (Wildman–Crippen MR) is 104 cm³/mol. The number of nitrogens with one attached hydrogen (secondary N) is 1. The summed E-state index contributed by atoms with van der Waals surface area (Å²) in [6, 6.07) is 7.76. The summed E-state index contributed by atoms with van der Waals surface area (Å²) in [6.07, 6.45) is 3.45. The van der Waals surface area contributed by atoms with Crippen molar-refractivity contribution in [2.24, 2.45) is 0 Å². The fourth-order valence-electron chi connectivity index (χ4n) is 3.10. The van der Waals surface area contributed by atoms with E-state index in [1.54, 1.807) is 31.6 Å². The van der Waals surface area contributed by atoms with Gasteiger partial charge in [-0.2, -0.15) is 11.3 Å². The molecule has 138 valence electrons. The first-order valence-corrected chi connectivity index (χ1v) is 9.67. The zero-order valence-electron chi connectivity index (χ0n) is 15.2. The first-order chi connectivity index (χ1) is 12.7. The van der Waals surface area contributed by atoms with Crippen molar-refractivity contribution in [2.75, 3.05) is 40.4 Å². The highest BCUT2D eigenvalue weighted by Gasteiger charge is 2.22. The van der Waals surface area contributed by atoms with Gasteiger partial charge in [0, 0.05) is 17.7 Å². The average Bonchev–Trinajstić information content (AvgIpc) is 3.19. The topological polar surface area (TPSA) is 43.2 Å². The molecule has 0 aliphatic carbocycles. The molecule has 1 amide bonds. The molecule has 5 nitrogen and oxygen atoms in total. The van der Waals surface area contributed by atoms with Crippen LogP contribution >= 0.6 is 11.3 Å². The van der Waals surface area contributed by atoms with Gasteiger partial charge in [-0.15, -0.1) is 0 Å². The van der Waals surface area contributed by atoms with Gasteiger partial charge in [-0.1, -0.05) is 0 Å². The minimum absolute atomic E-state index is 0.0568. The molecule has 1 aromatic carbocycles. The van der Waals surface area contributed by atoms with E-state index in [2.05, 4.69) is 16.8 Å². The molecule has 1 aliphatic rings. The third-order valence-corrected chi connectivity index (χ3v) is 5.34. The molecule has 1 saturated heterocycles. The summed E-state index contributed by atoms with van der Waals surface area (Å²) in [5, 5.41) is 4.32. The number of carbonyl (C=O) groups excluding carboxylic acids is 1. The van der Waals surface area contributed by atoms with E-state index in [4.69, 9.17) is 9.47 Å². The number of hydrogen-bond donors (Lipinski definition) is 1. The lowest BCUT2D eigenvalue weighted by atomic mass is 10.1. The quantitative estimate of drug-likeness (QED) is 0.784. The zero-order valence-corrected chi connectivity index (χ0v) is 16.1. The van der Waals surface area contributed by atoms with Gasteiger partial charge in [0.05, 0.1) is 40.4 Å². The Bertz CT molecular complexity index is 728. The Hall–Kier alpha value is -2.31. The minimum atomic E-state index is 0.0568. The molecular weight excluding hydrogens is 348 g/mol. The molecule has 1 N–H and O–H groups in total. The van der Waals surface area contributed by atoms with Gasteiger partial charge >= 0.3 is 0 Å². The van der Waals surface area contributed by atoms with Crippen LogP contribution in [0.5, 0.6) is 11.5 Å². The third-order valence-electron chi connectivity index (χ3n) is 4.61. The lowest BCUT2D eigenvalue weighted by Gasteiger charge is -2.31. The van der Waals surface area contributed by atoms with E-state index in [1.165, 1.54) is 10.5 Å². The summed E-state index contributed by atoms with van der Waals surface area (Å²) in [4.78, 5) is 15.9. The van der Waals surface area contributed by atoms with Crippen LogP contribution in [0.2, 0.25) is 0 Å². The van der Waals surface area contributed by atoms with Crippen LogP contribution in [0.15, 0.2) is 41.1 Å². The SMILES string of the molecule is COc1cc(/C=C/C(=O)N2CC[NH+](Cc3ccsc3)CC2)cc(OC)c1. The zero-order chi connectivity index (χ0) is 18.4. The monoisotopic (exact) mass is 373 g/mol. The second kappa shape index (κ2) is 8.87. The lowest BCUT2D eigenvalue weighted by molar-refractivity contribution is -0.917. The maximum atomic E-state index is 12.5. The van der Waals surface area contributed by atoms with Crippen molar-refractivity contribution in [1.82, 2.24) is 4.90 Å². The summed E-state index contributed by atoms with van der Waals surface area (Å²) in [6.45, 7) is 4.62. The van der Waals surface area contributed by atoms with Crippen LogP contribution < -0.4 is 14.4 Å². The van der Waals surface area contributed by atoms with E-state index in [1.807, 2.05) is 29.2 Å². The molecule has 26 heavy (non-hydrogen) atoms. The Kier molecular flexibility index (Phi) is 6.30. The highest BCUT2D eigenvalue weighted by atomic mass is 32.1. The number of nitrogens with zero attached hydrogens (tertiary/aromatic N) is 1. The van der Waals surface area contributed by atoms with Gasteiger partial charge in [0.25, 0.3) is 0 Å². The molecule has 3 rings (SSSR count). The average molecular weight is 373 g/mol. The van der Waals surface area contributed by atoms with E-state index in [0.717, 1.165) is 38.3 Å². The first kappa shape index (κ1) is 18.5. The van der Waals surface area contributed by atoms with Crippen LogP contribution in [0, 0.1) is 0 Å². The summed E-state index contributed by atoms with van der Waals surface area (Å²) in [5.74, 6) is 1.48. The highest BCUT2D eigenvalue weighted by Crippen LogP contribution is 2.23. The molecule has 0 spiro atoms.